The van der Waals surface area contributed by atoms with Crippen LogP contribution in [0.15, 0.2) is 30.5 Å². The maximum atomic E-state index is 11.5. The number of ether oxygens (including phenoxy) is 2. The Kier molecular flexibility index (Phi) is 4.32. The van der Waals surface area contributed by atoms with Gasteiger partial charge in [-0.25, -0.2) is 4.79 Å². The van der Waals surface area contributed by atoms with E-state index in [1.165, 1.54) is 0 Å². The molecule has 1 aliphatic rings. The monoisotopic (exact) mass is 330 g/mol. The number of morpholine rings is 1. The summed E-state index contributed by atoms with van der Waals surface area (Å²) in [5.74, 6) is -0.171. The van der Waals surface area contributed by atoms with Crippen LogP contribution in [0.4, 0.5) is 5.69 Å². The van der Waals surface area contributed by atoms with Gasteiger partial charge in [-0.2, -0.15) is 0 Å². The molecule has 1 unspecified atom stereocenters. The maximum absolute atomic E-state index is 11.5. The number of nitrogens with zero attached hydrogens (tertiary/aromatic N) is 2. The molecule has 0 radical (unpaired) electrons. The molecular weight excluding hydrogens is 308 g/mol. The molecule has 1 saturated heterocycles. The van der Waals surface area contributed by atoms with Crippen molar-refractivity contribution < 1.29 is 19.4 Å². The minimum atomic E-state index is -1.21. The lowest BCUT2D eigenvalue weighted by Crippen LogP contribution is -2.54. The quantitative estimate of drug-likeness (QED) is 0.929. The number of rotatable bonds is 4. The number of benzene rings is 1. The summed E-state index contributed by atoms with van der Waals surface area (Å²) in [5, 5.41) is 10.4. The molecule has 0 saturated carbocycles. The van der Waals surface area contributed by atoms with Gasteiger partial charge in [0.25, 0.3) is 0 Å². The molecule has 2 aromatic rings. The number of carbonyl (C=O) groups is 1. The lowest BCUT2D eigenvalue weighted by Gasteiger charge is -2.39. The third-order valence-electron chi connectivity index (χ3n) is 4.13. The summed E-state index contributed by atoms with van der Waals surface area (Å²) in [6.07, 6.45) is 1.83. The van der Waals surface area contributed by atoms with E-state index in [2.05, 4.69) is 4.98 Å². The van der Waals surface area contributed by atoms with Crippen molar-refractivity contribution in [2.24, 2.45) is 0 Å². The smallest absolute Gasteiger partial charge is 0.337 e. The third-order valence-corrected chi connectivity index (χ3v) is 4.13. The van der Waals surface area contributed by atoms with Gasteiger partial charge in [0, 0.05) is 23.8 Å². The van der Waals surface area contributed by atoms with Gasteiger partial charge in [0.15, 0.2) is 5.60 Å². The van der Waals surface area contributed by atoms with Crippen LogP contribution in [0.2, 0.25) is 0 Å². The molecule has 6 heteroatoms. The van der Waals surface area contributed by atoms with E-state index in [1.807, 2.05) is 43.0 Å². The van der Waals surface area contributed by atoms with E-state index in [9.17, 15) is 9.90 Å². The topological polar surface area (TPSA) is 71.9 Å². The Bertz CT molecular complexity index is 762. The molecule has 0 bridgehead atoms. The third kappa shape index (κ3) is 3.14. The molecule has 128 valence electrons. The second-order valence-corrected chi connectivity index (χ2v) is 6.48. The van der Waals surface area contributed by atoms with Gasteiger partial charge in [-0.1, -0.05) is 0 Å². The van der Waals surface area contributed by atoms with Crippen LogP contribution in [0.1, 0.15) is 20.8 Å². The van der Waals surface area contributed by atoms with E-state index in [-0.39, 0.29) is 12.6 Å². The van der Waals surface area contributed by atoms with Crippen molar-refractivity contribution in [3.05, 3.63) is 30.5 Å². The van der Waals surface area contributed by atoms with Gasteiger partial charge >= 0.3 is 5.97 Å². The van der Waals surface area contributed by atoms with Crippen molar-refractivity contribution in [1.29, 1.82) is 0 Å². The normalized spacial score (nSPS) is 21.2. The zero-order chi connectivity index (χ0) is 17.3. The van der Waals surface area contributed by atoms with Crippen LogP contribution in [0, 0.1) is 0 Å². The highest BCUT2D eigenvalue weighted by Crippen LogP contribution is 2.32. The van der Waals surface area contributed by atoms with Crippen molar-refractivity contribution in [3.63, 3.8) is 0 Å². The molecule has 2 heterocycles. The molecule has 24 heavy (non-hydrogen) atoms. The predicted octanol–water partition coefficient (Wildman–Crippen LogP) is 2.70. The van der Waals surface area contributed by atoms with E-state index in [1.54, 1.807) is 13.1 Å². The predicted molar refractivity (Wildman–Crippen MR) is 91.7 cm³/mol. The van der Waals surface area contributed by atoms with Gasteiger partial charge in [0.05, 0.1) is 24.8 Å². The molecule has 0 aliphatic carbocycles. The fourth-order valence-electron chi connectivity index (χ4n) is 2.94. The van der Waals surface area contributed by atoms with Crippen LogP contribution < -0.4 is 9.64 Å². The number of pyridine rings is 1. The lowest BCUT2D eigenvalue weighted by atomic mass is 10.0. The highest BCUT2D eigenvalue weighted by atomic mass is 16.5. The van der Waals surface area contributed by atoms with Crippen LogP contribution in [0.3, 0.4) is 0 Å². The molecular formula is C18H22N2O4. The Morgan fingerprint density at radius 1 is 1.42 bits per heavy atom. The molecule has 3 rings (SSSR count). The largest absolute Gasteiger partial charge is 0.491 e. The summed E-state index contributed by atoms with van der Waals surface area (Å²) in [6, 6.07) is 7.70. The highest BCUT2D eigenvalue weighted by molar-refractivity contribution is 5.93. The molecule has 6 nitrogen and oxygen atoms in total. The van der Waals surface area contributed by atoms with Crippen LogP contribution in [-0.2, 0) is 9.53 Å². The van der Waals surface area contributed by atoms with Crippen molar-refractivity contribution in [1.82, 2.24) is 4.98 Å². The first-order chi connectivity index (χ1) is 11.4. The van der Waals surface area contributed by atoms with E-state index >= 15 is 0 Å². The Morgan fingerprint density at radius 3 is 2.92 bits per heavy atom. The molecule has 1 aromatic heterocycles. The molecule has 0 spiro atoms. The molecule has 1 aliphatic heterocycles. The first-order valence-electron chi connectivity index (χ1n) is 8.07. The van der Waals surface area contributed by atoms with Crippen LogP contribution in [-0.4, -0.2) is 47.5 Å². The average molecular weight is 330 g/mol. The zero-order valence-corrected chi connectivity index (χ0v) is 14.2. The van der Waals surface area contributed by atoms with Gasteiger partial charge in [-0.05, 0) is 45.0 Å². The molecule has 1 fully saturated rings. The average Bonchev–Trinajstić information content (AvgIpc) is 2.53. The van der Waals surface area contributed by atoms with Gasteiger partial charge < -0.3 is 19.5 Å². The summed E-state index contributed by atoms with van der Waals surface area (Å²) in [6.45, 7) is 6.87. The maximum Gasteiger partial charge on any atom is 0.337 e. The zero-order valence-electron chi connectivity index (χ0n) is 14.2. The van der Waals surface area contributed by atoms with E-state index in [0.717, 1.165) is 22.3 Å². The second-order valence-electron chi connectivity index (χ2n) is 6.48. The first kappa shape index (κ1) is 16.5. The van der Waals surface area contributed by atoms with Crippen LogP contribution in [0.25, 0.3) is 10.9 Å². The summed E-state index contributed by atoms with van der Waals surface area (Å²) >= 11 is 0. The molecule has 1 aromatic carbocycles. The number of carboxylic acid groups (broad SMARTS) is 1. The Morgan fingerprint density at radius 2 is 2.21 bits per heavy atom. The summed E-state index contributed by atoms with van der Waals surface area (Å²) < 4.78 is 11.3. The van der Waals surface area contributed by atoms with Crippen LogP contribution in [0.5, 0.6) is 5.75 Å². The van der Waals surface area contributed by atoms with E-state index < -0.39 is 11.6 Å². The van der Waals surface area contributed by atoms with E-state index in [4.69, 9.17) is 9.47 Å². The highest BCUT2D eigenvalue weighted by Gasteiger charge is 2.39. The Labute approximate surface area is 141 Å². The number of anilines is 1. The van der Waals surface area contributed by atoms with Crippen molar-refractivity contribution in [3.8, 4) is 5.75 Å². The summed E-state index contributed by atoms with van der Waals surface area (Å²) in [4.78, 5) is 17.9. The van der Waals surface area contributed by atoms with E-state index in [0.29, 0.717) is 13.2 Å². The van der Waals surface area contributed by atoms with Gasteiger partial charge in [0.1, 0.15) is 5.75 Å². The Balaban J connectivity index is 2.00. The van der Waals surface area contributed by atoms with Gasteiger partial charge in [-0.15, -0.1) is 0 Å². The fraction of sp³-hybridized carbons (Fsp3) is 0.444. The summed E-state index contributed by atoms with van der Waals surface area (Å²) in [5.41, 5.74) is 0.594. The van der Waals surface area contributed by atoms with Gasteiger partial charge in [0.2, 0.25) is 0 Å². The number of hydrogen-bond donors (Lipinski definition) is 1. The summed E-state index contributed by atoms with van der Waals surface area (Å²) in [7, 11) is 0. The number of aliphatic carboxylic acids is 1. The Hall–Kier alpha value is -2.34. The number of hydrogen-bond acceptors (Lipinski definition) is 5. The van der Waals surface area contributed by atoms with Crippen molar-refractivity contribution in [2.75, 3.05) is 24.6 Å². The van der Waals surface area contributed by atoms with Crippen molar-refractivity contribution >= 4 is 22.6 Å². The minimum absolute atomic E-state index is 0.0845. The molecule has 1 N–H and O–H groups in total. The number of carboxylic acids is 1. The SMILES string of the molecule is CC(C)Oc1ccc2nccc(N3CCOC(C)(C(=O)O)C3)c2c1. The second kappa shape index (κ2) is 6.28. The molecule has 1 atom stereocenters. The first-order valence-corrected chi connectivity index (χ1v) is 8.07. The van der Waals surface area contributed by atoms with Crippen molar-refractivity contribution in [2.45, 2.75) is 32.5 Å². The minimum Gasteiger partial charge on any atom is -0.491 e. The fourth-order valence-corrected chi connectivity index (χ4v) is 2.94. The number of fused-ring (bicyclic) bond motifs is 1. The molecule has 0 amide bonds. The standard InChI is InChI=1S/C18H22N2O4/c1-12(2)24-13-4-5-15-14(10-13)16(6-7-19-15)20-8-9-23-18(3,11-20)17(21)22/h4-7,10,12H,8-9,11H2,1-3H3,(H,21,22). The lowest BCUT2D eigenvalue weighted by molar-refractivity contribution is -0.164. The van der Waals surface area contributed by atoms with Crippen LogP contribution >= 0.6 is 0 Å². The van der Waals surface area contributed by atoms with Gasteiger partial charge in [-0.3, -0.25) is 4.98 Å². The number of aromatic nitrogens is 1.